The summed E-state index contributed by atoms with van der Waals surface area (Å²) in [7, 11) is 0. The molecular formula is C26H32N4O. The summed E-state index contributed by atoms with van der Waals surface area (Å²) in [4.78, 5) is 22.3. The number of aromatic nitrogens is 2. The molecule has 0 N–H and O–H groups in total. The van der Waals surface area contributed by atoms with E-state index in [4.69, 9.17) is 0 Å². The monoisotopic (exact) mass is 416 g/mol. The molecule has 2 aliphatic heterocycles. The second kappa shape index (κ2) is 8.83. The van der Waals surface area contributed by atoms with E-state index in [9.17, 15) is 4.79 Å². The summed E-state index contributed by atoms with van der Waals surface area (Å²) in [6, 6.07) is 16.1. The van der Waals surface area contributed by atoms with E-state index < -0.39 is 0 Å². The lowest BCUT2D eigenvalue weighted by Crippen LogP contribution is -2.45. The van der Waals surface area contributed by atoms with Gasteiger partial charge in [-0.2, -0.15) is 0 Å². The third-order valence-corrected chi connectivity index (χ3v) is 7.04. The van der Waals surface area contributed by atoms with Crippen molar-refractivity contribution in [3.63, 3.8) is 0 Å². The molecule has 0 saturated carbocycles. The van der Waals surface area contributed by atoms with Crippen molar-refractivity contribution in [3.8, 4) is 5.69 Å². The minimum atomic E-state index is 0.166. The topological polar surface area (TPSA) is 41.4 Å². The first kappa shape index (κ1) is 20.3. The van der Waals surface area contributed by atoms with Crippen molar-refractivity contribution in [1.29, 1.82) is 0 Å². The lowest BCUT2D eigenvalue weighted by molar-refractivity contribution is 0.0622. The number of carbonyl (C=O) groups is 1. The number of rotatable bonds is 4. The van der Waals surface area contributed by atoms with E-state index in [1.807, 2.05) is 48.8 Å². The summed E-state index contributed by atoms with van der Waals surface area (Å²) in [6.07, 6.45) is 6.82. The van der Waals surface area contributed by atoms with Gasteiger partial charge in [0.25, 0.3) is 5.91 Å². The number of carbonyl (C=O) groups excluding carboxylic acids is 1. The summed E-state index contributed by atoms with van der Waals surface area (Å²) in [5.41, 5.74) is 3.86. The molecule has 0 spiro atoms. The summed E-state index contributed by atoms with van der Waals surface area (Å²) in [5.74, 6) is 1.63. The minimum Gasteiger partial charge on any atom is -0.338 e. The van der Waals surface area contributed by atoms with Gasteiger partial charge >= 0.3 is 0 Å². The maximum Gasteiger partial charge on any atom is 0.253 e. The molecule has 2 aliphatic rings. The fraction of sp³-hybridized carbons (Fsp3) is 0.462. The van der Waals surface area contributed by atoms with Crippen LogP contribution in [0.4, 0.5) is 0 Å². The number of piperidine rings is 2. The highest BCUT2D eigenvalue weighted by Gasteiger charge is 2.27. The van der Waals surface area contributed by atoms with Gasteiger partial charge in [0, 0.05) is 30.9 Å². The second-order valence-corrected chi connectivity index (χ2v) is 9.39. The van der Waals surface area contributed by atoms with Gasteiger partial charge in [-0.25, -0.2) is 4.98 Å². The number of hydrogen-bond acceptors (Lipinski definition) is 3. The van der Waals surface area contributed by atoms with Crippen molar-refractivity contribution in [1.82, 2.24) is 19.4 Å². The van der Waals surface area contributed by atoms with Crippen LogP contribution in [0.2, 0.25) is 0 Å². The number of amides is 1. The predicted octanol–water partition coefficient (Wildman–Crippen LogP) is 4.61. The van der Waals surface area contributed by atoms with E-state index in [1.165, 1.54) is 32.4 Å². The summed E-state index contributed by atoms with van der Waals surface area (Å²) in [6.45, 7) is 7.70. The van der Waals surface area contributed by atoms with Crippen LogP contribution in [0, 0.1) is 11.8 Å². The van der Waals surface area contributed by atoms with Crippen molar-refractivity contribution in [3.05, 3.63) is 60.4 Å². The number of fused-ring (bicyclic) bond motifs is 1. The Bertz CT molecular complexity index is 1030. The van der Waals surface area contributed by atoms with E-state index in [2.05, 4.69) is 32.3 Å². The smallest absolute Gasteiger partial charge is 0.253 e. The third kappa shape index (κ3) is 4.38. The minimum absolute atomic E-state index is 0.166. The first-order valence-corrected chi connectivity index (χ1v) is 11.7. The van der Waals surface area contributed by atoms with Gasteiger partial charge in [0.1, 0.15) is 6.33 Å². The standard InChI is InChI=1S/C26H32N4O/c1-20-12-15-28(16-13-20)17-21-5-4-14-29(18-21)26(31)22-8-10-23(11-9-22)30-19-27-24-6-2-3-7-25(24)30/h2-3,6-11,19-21H,4-5,12-18H2,1H3. The van der Waals surface area contributed by atoms with E-state index in [-0.39, 0.29) is 5.91 Å². The van der Waals surface area contributed by atoms with Crippen molar-refractivity contribution < 1.29 is 4.79 Å². The van der Waals surface area contributed by atoms with Crippen LogP contribution in [0.25, 0.3) is 16.7 Å². The molecule has 2 fully saturated rings. The quantitative estimate of drug-likeness (QED) is 0.624. The van der Waals surface area contributed by atoms with Crippen LogP contribution in [0.3, 0.4) is 0 Å². The fourth-order valence-electron chi connectivity index (χ4n) is 5.12. The number of imidazole rings is 1. The van der Waals surface area contributed by atoms with Crippen molar-refractivity contribution >= 4 is 16.9 Å². The van der Waals surface area contributed by atoms with Crippen molar-refractivity contribution in [2.75, 3.05) is 32.7 Å². The molecule has 0 radical (unpaired) electrons. The Kier molecular flexibility index (Phi) is 5.77. The lowest BCUT2D eigenvalue weighted by atomic mass is 9.94. The molecule has 2 aromatic carbocycles. The largest absolute Gasteiger partial charge is 0.338 e. The van der Waals surface area contributed by atoms with E-state index in [1.54, 1.807) is 0 Å². The molecule has 0 aliphatic carbocycles. The zero-order valence-electron chi connectivity index (χ0n) is 18.4. The zero-order valence-corrected chi connectivity index (χ0v) is 18.4. The van der Waals surface area contributed by atoms with Crippen LogP contribution in [0.1, 0.15) is 43.0 Å². The predicted molar refractivity (Wildman–Crippen MR) is 125 cm³/mol. The Labute approximate surface area is 184 Å². The molecule has 5 rings (SSSR count). The Hall–Kier alpha value is -2.66. The zero-order chi connectivity index (χ0) is 21.2. The fourth-order valence-corrected chi connectivity index (χ4v) is 5.12. The van der Waals surface area contributed by atoms with Crippen LogP contribution in [-0.4, -0.2) is 58.0 Å². The highest BCUT2D eigenvalue weighted by Crippen LogP contribution is 2.24. The molecule has 3 heterocycles. The van der Waals surface area contributed by atoms with E-state index in [0.29, 0.717) is 5.92 Å². The highest BCUT2D eigenvalue weighted by molar-refractivity contribution is 5.94. The van der Waals surface area contributed by atoms with Crippen LogP contribution in [0.5, 0.6) is 0 Å². The first-order chi connectivity index (χ1) is 15.2. The van der Waals surface area contributed by atoms with E-state index >= 15 is 0 Å². The molecule has 2 saturated heterocycles. The Morgan fingerprint density at radius 2 is 1.77 bits per heavy atom. The molecule has 3 aromatic rings. The molecule has 1 amide bonds. The molecule has 1 aromatic heterocycles. The normalized spacial score (nSPS) is 20.9. The highest BCUT2D eigenvalue weighted by atomic mass is 16.2. The Balaban J connectivity index is 1.24. The van der Waals surface area contributed by atoms with Crippen molar-refractivity contribution in [2.24, 2.45) is 11.8 Å². The second-order valence-electron chi connectivity index (χ2n) is 9.39. The average molecular weight is 417 g/mol. The van der Waals surface area contributed by atoms with Gasteiger partial charge in [-0.3, -0.25) is 9.36 Å². The van der Waals surface area contributed by atoms with Crippen molar-refractivity contribution in [2.45, 2.75) is 32.6 Å². The third-order valence-electron chi connectivity index (χ3n) is 7.04. The van der Waals surface area contributed by atoms with Crippen LogP contribution in [0.15, 0.2) is 54.9 Å². The average Bonchev–Trinajstić information content (AvgIpc) is 3.25. The number of hydrogen-bond donors (Lipinski definition) is 0. The summed E-state index contributed by atoms with van der Waals surface area (Å²) < 4.78 is 2.07. The molecule has 1 unspecified atom stereocenters. The lowest BCUT2D eigenvalue weighted by Gasteiger charge is -2.38. The number of likely N-dealkylation sites (tertiary alicyclic amines) is 2. The van der Waals surface area contributed by atoms with Gasteiger partial charge in [-0.05, 0) is 87.0 Å². The Morgan fingerprint density at radius 3 is 2.58 bits per heavy atom. The molecule has 162 valence electrons. The van der Waals surface area contributed by atoms with Gasteiger partial charge in [-0.15, -0.1) is 0 Å². The molecule has 5 nitrogen and oxygen atoms in total. The Morgan fingerprint density at radius 1 is 1.00 bits per heavy atom. The molecular weight excluding hydrogens is 384 g/mol. The van der Waals surface area contributed by atoms with Gasteiger partial charge in [-0.1, -0.05) is 19.1 Å². The number of nitrogens with zero attached hydrogens (tertiary/aromatic N) is 4. The molecule has 0 bridgehead atoms. The van der Waals surface area contributed by atoms with Gasteiger partial charge in [0.15, 0.2) is 0 Å². The van der Waals surface area contributed by atoms with Crippen LogP contribution in [-0.2, 0) is 0 Å². The van der Waals surface area contributed by atoms with E-state index in [0.717, 1.165) is 54.3 Å². The number of benzene rings is 2. The maximum atomic E-state index is 13.2. The molecule has 31 heavy (non-hydrogen) atoms. The first-order valence-electron chi connectivity index (χ1n) is 11.7. The van der Waals surface area contributed by atoms with Crippen LogP contribution >= 0.6 is 0 Å². The van der Waals surface area contributed by atoms with Gasteiger partial charge in [0.2, 0.25) is 0 Å². The molecule has 1 atom stereocenters. The summed E-state index contributed by atoms with van der Waals surface area (Å²) >= 11 is 0. The van der Waals surface area contributed by atoms with Gasteiger partial charge < -0.3 is 9.80 Å². The van der Waals surface area contributed by atoms with Crippen LogP contribution < -0.4 is 0 Å². The SMILES string of the molecule is CC1CCN(CC2CCCN(C(=O)c3ccc(-n4cnc5ccccc54)cc3)C2)CC1. The number of para-hydroxylation sites is 2. The summed E-state index contributed by atoms with van der Waals surface area (Å²) in [5, 5.41) is 0. The molecule has 5 heteroatoms. The van der Waals surface area contributed by atoms with Gasteiger partial charge in [0.05, 0.1) is 11.0 Å². The maximum absolute atomic E-state index is 13.2.